The van der Waals surface area contributed by atoms with E-state index in [1.54, 1.807) is 25.1 Å². The molecule has 0 aliphatic carbocycles. The lowest BCUT2D eigenvalue weighted by molar-refractivity contribution is -0.144. The van der Waals surface area contributed by atoms with Crippen LogP contribution in [0.4, 0.5) is 0 Å². The molecule has 26 heavy (non-hydrogen) atoms. The molecular formula is C18H26N2O5S. The zero-order chi connectivity index (χ0) is 19.3. The summed E-state index contributed by atoms with van der Waals surface area (Å²) in [7, 11) is -3.66. The van der Waals surface area contributed by atoms with Crippen LogP contribution >= 0.6 is 0 Å². The minimum atomic E-state index is -3.66. The van der Waals surface area contributed by atoms with Gasteiger partial charge in [0.2, 0.25) is 15.9 Å². The molecule has 1 aliphatic rings. The fourth-order valence-electron chi connectivity index (χ4n) is 3.07. The first-order chi connectivity index (χ1) is 12.3. The van der Waals surface area contributed by atoms with E-state index in [1.807, 2.05) is 6.92 Å². The molecule has 1 amide bonds. The predicted molar refractivity (Wildman–Crippen MR) is 96.9 cm³/mol. The second kappa shape index (κ2) is 8.64. The molecule has 1 saturated heterocycles. The van der Waals surface area contributed by atoms with Gasteiger partial charge in [-0.25, -0.2) is 13.2 Å². The van der Waals surface area contributed by atoms with Crippen molar-refractivity contribution in [1.29, 1.82) is 0 Å². The highest BCUT2D eigenvalue weighted by Gasteiger charge is 2.35. The van der Waals surface area contributed by atoms with Gasteiger partial charge in [0.25, 0.3) is 0 Å². The number of nitrogens with zero attached hydrogens (tertiary/aromatic N) is 1. The fourth-order valence-corrected chi connectivity index (χ4v) is 4.62. The summed E-state index contributed by atoms with van der Waals surface area (Å²) in [4.78, 5) is 24.2. The second-order valence-corrected chi connectivity index (χ2v) is 8.66. The summed E-state index contributed by atoms with van der Waals surface area (Å²) in [5.41, 5.74) is 0. The molecule has 0 radical (unpaired) electrons. The van der Waals surface area contributed by atoms with Crippen molar-refractivity contribution in [3.8, 4) is 0 Å². The lowest BCUT2D eigenvalue weighted by atomic mass is 9.95. The number of carboxylic acids is 1. The number of aliphatic carboxylic acids is 1. The summed E-state index contributed by atoms with van der Waals surface area (Å²) in [6.45, 7) is 4.05. The smallest absolute Gasteiger partial charge is 0.326 e. The quantitative estimate of drug-likeness (QED) is 0.747. The van der Waals surface area contributed by atoms with E-state index >= 15 is 0 Å². The molecule has 0 saturated carbocycles. The third kappa shape index (κ3) is 4.62. The average Bonchev–Trinajstić information content (AvgIpc) is 2.65. The monoisotopic (exact) mass is 382 g/mol. The number of hydrogen-bond donors (Lipinski definition) is 2. The highest BCUT2D eigenvalue weighted by molar-refractivity contribution is 7.89. The highest BCUT2D eigenvalue weighted by Crippen LogP contribution is 2.24. The summed E-state index contributed by atoms with van der Waals surface area (Å²) >= 11 is 0. The average molecular weight is 382 g/mol. The Morgan fingerprint density at radius 2 is 1.96 bits per heavy atom. The Morgan fingerprint density at radius 3 is 2.54 bits per heavy atom. The Hall–Kier alpha value is -1.93. The third-order valence-corrected chi connectivity index (χ3v) is 6.79. The van der Waals surface area contributed by atoms with Crippen LogP contribution in [0.25, 0.3) is 0 Å². The molecule has 1 fully saturated rings. The van der Waals surface area contributed by atoms with E-state index in [9.17, 15) is 23.1 Å². The van der Waals surface area contributed by atoms with Crippen molar-refractivity contribution in [2.75, 3.05) is 13.1 Å². The molecule has 1 aromatic carbocycles. The molecular weight excluding hydrogens is 356 g/mol. The van der Waals surface area contributed by atoms with E-state index < -0.39 is 33.9 Å². The molecule has 2 N–H and O–H groups in total. The highest BCUT2D eigenvalue weighted by atomic mass is 32.2. The van der Waals surface area contributed by atoms with Crippen LogP contribution in [0.15, 0.2) is 35.2 Å². The molecule has 1 aromatic rings. The lowest BCUT2D eigenvalue weighted by Crippen LogP contribution is -2.51. The number of rotatable bonds is 7. The molecule has 0 spiro atoms. The standard InChI is InChI=1S/C18H26N2O5S/c1-3-13(2)16(18(22)23)19-17(21)14-8-7-11-20(12-14)26(24,25)15-9-5-4-6-10-15/h4-6,9-10,13-14,16H,3,7-8,11-12H2,1-2H3,(H,19,21)(H,22,23)/t13-,14-,16-/m0/s1. The normalized spacial score (nSPS) is 20.9. The Labute approximate surface area is 154 Å². The van der Waals surface area contributed by atoms with Gasteiger partial charge in [-0.3, -0.25) is 4.79 Å². The molecule has 7 nitrogen and oxygen atoms in total. The zero-order valence-electron chi connectivity index (χ0n) is 15.1. The van der Waals surface area contributed by atoms with E-state index in [-0.39, 0.29) is 17.4 Å². The maximum absolute atomic E-state index is 12.7. The van der Waals surface area contributed by atoms with Crippen molar-refractivity contribution in [2.24, 2.45) is 11.8 Å². The van der Waals surface area contributed by atoms with Gasteiger partial charge < -0.3 is 10.4 Å². The third-order valence-electron chi connectivity index (χ3n) is 4.91. The van der Waals surface area contributed by atoms with Crippen molar-refractivity contribution < 1.29 is 23.1 Å². The van der Waals surface area contributed by atoms with Crippen LogP contribution < -0.4 is 5.32 Å². The van der Waals surface area contributed by atoms with Gasteiger partial charge >= 0.3 is 5.97 Å². The summed E-state index contributed by atoms with van der Waals surface area (Å²) in [5, 5.41) is 11.9. The Morgan fingerprint density at radius 1 is 1.31 bits per heavy atom. The number of sulfonamides is 1. The number of carboxylic acid groups (broad SMARTS) is 1. The second-order valence-electron chi connectivity index (χ2n) is 6.73. The van der Waals surface area contributed by atoms with Gasteiger partial charge in [0, 0.05) is 13.1 Å². The number of nitrogens with one attached hydrogen (secondary N) is 1. The maximum Gasteiger partial charge on any atom is 0.326 e. The molecule has 2 rings (SSSR count). The van der Waals surface area contributed by atoms with Crippen molar-refractivity contribution >= 4 is 21.9 Å². The number of benzene rings is 1. The number of carbonyl (C=O) groups excluding carboxylic acids is 1. The molecule has 8 heteroatoms. The first kappa shape index (κ1) is 20.4. The van der Waals surface area contributed by atoms with Crippen molar-refractivity contribution in [3.05, 3.63) is 30.3 Å². The fraction of sp³-hybridized carbons (Fsp3) is 0.556. The number of amides is 1. The summed E-state index contributed by atoms with van der Waals surface area (Å²) in [6.07, 6.45) is 1.72. The topological polar surface area (TPSA) is 104 Å². The van der Waals surface area contributed by atoms with E-state index in [1.165, 1.54) is 16.4 Å². The van der Waals surface area contributed by atoms with Crippen LogP contribution in [0, 0.1) is 11.8 Å². The van der Waals surface area contributed by atoms with Crippen LogP contribution in [0.2, 0.25) is 0 Å². The summed E-state index contributed by atoms with van der Waals surface area (Å²) < 4.78 is 26.8. The van der Waals surface area contributed by atoms with Gasteiger partial charge in [-0.15, -0.1) is 0 Å². The molecule has 144 valence electrons. The first-order valence-corrected chi connectivity index (χ1v) is 10.3. The molecule has 0 aromatic heterocycles. The molecule has 1 heterocycles. The van der Waals surface area contributed by atoms with Gasteiger partial charge in [0.05, 0.1) is 10.8 Å². The SMILES string of the molecule is CC[C@H](C)[C@H](NC(=O)[C@H]1CCCN(S(=O)(=O)c2ccccc2)C1)C(=O)O. The van der Waals surface area contributed by atoms with Gasteiger partial charge in [-0.05, 0) is 30.9 Å². The van der Waals surface area contributed by atoms with Crippen molar-refractivity contribution in [1.82, 2.24) is 9.62 Å². The number of hydrogen-bond acceptors (Lipinski definition) is 4. The van der Waals surface area contributed by atoms with Crippen molar-refractivity contribution in [3.63, 3.8) is 0 Å². The minimum Gasteiger partial charge on any atom is -0.480 e. The Bertz CT molecular complexity index is 735. The Balaban J connectivity index is 2.10. The lowest BCUT2D eigenvalue weighted by Gasteiger charge is -2.32. The van der Waals surface area contributed by atoms with E-state index in [0.717, 1.165) is 0 Å². The van der Waals surface area contributed by atoms with Gasteiger partial charge in [-0.1, -0.05) is 38.5 Å². The molecule has 0 unspecified atom stereocenters. The van der Waals surface area contributed by atoms with E-state index in [2.05, 4.69) is 5.32 Å². The molecule has 1 aliphatic heterocycles. The van der Waals surface area contributed by atoms with Gasteiger partial charge in [0.1, 0.15) is 6.04 Å². The number of carbonyl (C=O) groups is 2. The zero-order valence-corrected chi connectivity index (χ0v) is 15.9. The van der Waals surface area contributed by atoms with E-state index in [0.29, 0.717) is 25.8 Å². The van der Waals surface area contributed by atoms with Crippen LogP contribution in [0.3, 0.4) is 0 Å². The largest absolute Gasteiger partial charge is 0.480 e. The van der Waals surface area contributed by atoms with Crippen LogP contribution in [0.5, 0.6) is 0 Å². The molecule has 3 atom stereocenters. The first-order valence-electron chi connectivity index (χ1n) is 8.85. The van der Waals surface area contributed by atoms with Crippen LogP contribution in [-0.2, 0) is 19.6 Å². The van der Waals surface area contributed by atoms with Gasteiger partial charge in [-0.2, -0.15) is 4.31 Å². The Kier molecular flexibility index (Phi) is 6.77. The number of piperidine rings is 1. The van der Waals surface area contributed by atoms with Crippen LogP contribution in [0.1, 0.15) is 33.1 Å². The summed E-state index contributed by atoms with van der Waals surface area (Å²) in [5.74, 6) is -2.22. The summed E-state index contributed by atoms with van der Waals surface area (Å²) in [6, 6.07) is 7.15. The van der Waals surface area contributed by atoms with Crippen molar-refractivity contribution in [2.45, 2.75) is 44.0 Å². The maximum atomic E-state index is 12.7. The van der Waals surface area contributed by atoms with Gasteiger partial charge in [0.15, 0.2) is 0 Å². The minimum absolute atomic E-state index is 0.0654. The van der Waals surface area contributed by atoms with Crippen LogP contribution in [-0.4, -0.2) is 48.8 Å². The molecule has 0 bridgehead atoms. The van der Waals surface area contributed by atoms with E-state index in [4.69, 9.17) is 0 Å². The predicted octanol–water partition coefficient (Wildman–Crippen LogP) is 1.70.